The van der Waals surface area contributed by atoms with Crippen molar-refractivity contribution in [1.29, 1.82) is 0 Å². The van der Waals surface area contributed by atoms with Gasteiger partial charge in [0, 0.05) is 24.0 Å². The molecule has 0 bridgehead atoms. The van der Waals surface area contributed by atoms with Crippen LogP contribution < -0.4 is 19.7 Å². The molecule has 1 aromatic carbocycles. The molecule has 136 valence electrons. The first kappa shape index (κ1) is 17.7. The fourth-order valence-corrected chi connectivity index (χ4v) is 2.81. The zero-order valence-electron chi connectivity index (χ0n) is 15.1. The van der Waals surface area contributed by atoms with Crippen molar-refractivity contribution >= 4 is 23.3 Å². The number of hydrogen-bond donors (Lipinski definition) is 1. The van der Waals surface area contributed by atoms with Crippen molar-refractivity contribution in [1.82, 2.24) is 4.98 Å². The summed E-state index contributed by atoms with van der Waals surface area (Å²) in [4.78, 5) is 31.7. The Morgan fingerprint density at radius 1 is 1.31 bits per heavy atom. The van der Waals surface area contributed by atoms with Gasteiger partial charge >= 0.3 is 0 Å². The van der Waals surface area contributed by atoms with Gasteiger partial charge in [0.2, 0.25) is 0 Å². The van der Waals surface area contributed by atoms with Crippen molar-refractivity contribution in [2.75, 3.05) is 17.3 Å². The highest BCUT2D eigenvalue weighted by Gasteiger charge is 2.51. The summed E-state index contributed by atoms with van der Waals surface area (Å²) in [7, 11) is 1.54. The van der Waals surface area contributed by atoms with Crippen LogP contribution in [0.4, 0.5) is 11.5 Å². The second-order valence-electron chi connectivity index (χ2n) is 6.42. The maximum atomic E-state index is 13.1. The van der Waals surface area contributed by atoms with Gasteiger partial charge in [-0.1, -0.05) is 6.07 Å². The van der Waals surface area contributed by atoms with E-state index in [9.17, 15) is 9.59 Å². The van der Waals surface area contributed by atoms with Crippen molar-refractivity contribution in [2.45, 2.75) is 32.4 Å². The van der Waals surface area contributed by atoms with Crippen LogP contribution in [0, 0.1) is 0 Å². The fourth-order valence-electron chi connectivity index (χ4n) is 2.81. The summed E-state index contributed by atoms with van der Waals surface area (Å²) in [5.41, 5.74) is -1.19. The molecule has 0 spiro atoms. The molecule has 0 saturated heterocycles. The lowest BCUT2D eigenvalue weighted by molar-refractivity contribution is -0.145. The normalized spacial score (nSPS) is 19.0. The van der Waals surface area contributed by atoms with Gasteiger partial charge < -0.3 is 14.8 Å². The number of nitrogens with one attached hydrogen (secondary N) is 1. The third-order valence-corrected chi connectivity index (χ3v) is 4.20. The smallest absolute Gasteiger partial charge is 0.282 e. The molecule has 0 fully saturated rings. The number of carbonyl (C=O) groups excluding carboxylic acids is 2. The number of methoxy groups -OCH3 is 1. The summed E-state index contributed by atoms with van der Waals surface area (Å²) in [5, 5.41) is 2.74. The highest BCUT2D eigenvalue weighted by molar-refractivity contribution is 6.19. The van der Waals surface area contributed by atoms with Gasteiger partial charge in [-0.25, -0.2) is 4.98 Å². The molecule has 0 radical (unpaired) electrons. The van der Waals surface area contributed by atoms with E-state index in [4.69, 9.17) is 9.47 Å². The second-order valence-corrected chi connectivity index (χ2v) is 6.42. The van der Waals surface area contributed by atoms with Crippen LogP contribution in [0.1, 0.15) is 20.8 Å². The number of aromatic nitrogens is 1. The lowest BCUT2D eigenvalue weighted by Gasteiger charge is -2.40. The Bertz CT molecular complexity index is 852. The Kier molecular flexibility index (Phi) is 4.54. The molecule has 1 N–H and O–H groups in total. The second kappa shape index (κ2) is 6.67. The van der Waals surface area contributed by atoms with E-state index in [-0.39, 0.29) is 6.04 Å². The van der Waals surface area contributed by atoms with Crippen molar-refractivity contribution in [3.05, 3.63) is 42.6 Å². The molecule has 2 heterocycles. The monoisotopic (exact) mass is 355 g/mol. The van der Waals surface area contributed by atoms with Gasteiger partial charge in [0.25, 0.3) is 17.4 Å². The van der Waals surface area contributed by atoms with Crippen molar-refractivity contribution in [3.8, 4) is 11.5 Å². The largest absolute Gasteiger partial charge is 0.497 e. The van der Waals surface area contributed by atoms with Gasteiger partial charge in [0.15, 0.2) is 11.6 Å². The van der Waals surface area contributed by atoms with E-state index in [2.05, 4.69) is 10.3 Å². The van der Waals surface area contributed by atoms with Crippen LogP contribution in [0.5, 0.6) is 11.5 Å². The summed E-state index contributed by atoms with van der Waals surface area (Å²) in [5.74, 6) is 0.389. The zero-order valence-corrected chi connectivity index (χ0v) is 15.1. The maximum Gasteiger partial charge on any atom is 0.282 e. The van der Waals surface area contributed by atoms with Crippen molar-refractivity contribution < 1.29 is 19.1 Å². The number of carbonyl (C=O) groups is 2. The van der Waals surface area contributed by atoms with Crippen LogP contribution in [-0.4, -0.2) is 35.6 Å². The Hall–Kier alpha value is -3.09. The number of fused-ring (bicyclic) bond motifs is 1. The molecule has 7 nitrogen and oxygen atoms in total. The number of pyridine rings is 1. The third kappa shape index (κ3) is 2.96. The molecule has 1 aliphatic rings. The summed E-state index contributed by atoms with van der Waals surface area (Å²) in [6.07, 6.45) is 1.59. The third-order valence-electron chi connectivity index (χ3n) is 4.20. The van der Waals surface area contributed by atoms with E-state index in [0.717, 1.165) is 0 Å². The van der Waals surface area contributed by atoms with Crippen LogP contribution in [0.25, 0.3) is 0 Å². The fraction of sp³-hybridized carbons (Fsp3) is 0.316. The molecule has 2 amide bonds. The molecule has 0 unspecified atom stereocenters. The minimum atomic E-state index is -1.70. The topological polar surface area (TPSA) is 80.8 Å². The number of hydrogen-bond acceptors (Lipinski definition) is 5. The van der Waals surface area contributed by atoms with Crippen LogP contribution in [0.3, 0.4) is 0 Å². The molecule has 3 rings (SSSR count). The number of amides is 2. The number of benzene rings is 1. The molecule has 0 saturated carbocycles. The van der Waals surface area contributed by atoms with E-state index in [1.54, 1.807) is 49.7 Å². The molecular weight excluding hydrogens is 334 g/mol. The Labute approximate surface area is 151 Å². The van der Waals surface area contributed by atoms with E-state index in [1.165, 1.54) is 11.8 Å². The minimum Gasteiger partial charge on any atom is -0.497 e. The van der Waals surface area contributed by atoms with E-state index in [1.807, 2.05) is 13.8 Å². The summed E-state index contributed by atoms with van der Waals surface area (Å²) >= 11 is 0. The number of rotatable bonds is 4. The minimum absolute atomic E-state index is 0.177. The van der Waals surface area contributed by atoms with Gasteiger partial charge in [0.1, 0.15) is 5.75 Å². The molecular formula is C19H21N3O4. The van der Waals surface area contributed by atoms with Crippen molar-refractivity contribution in [2.24, 2.45) is 0 Å². The first-order valence-electron chi connectivity index (χ1n) is 8.30. The maximum absolute atomic E-state index is 13.1. The van der Waals surface area contributed by atoms with Gasteiger partial charge in [-0.05, 0) is 45.0 Å². The van der Waals surface area contributed by atoms with Gasteiger partial charge in [-0.15, -0.1) is 0 Å². The molecule has 0 aliphatic carbocycles. The van der Waals surface area contributed by atoms with E-state index in [0.29, 0.717) is 23.0 Å². The Morgan fingerprint density at radius 3 is 2.77 bits per heavy atom. The quantitative estimate of drug-likeness (QED) is 0.853. The first-order valence-corrected chi connectivity index (χ1v) is 8.30. The molecule has 1 aliphatic heterocycles. The highest BCUT2D eigenvalue weighted by Crippen LogP contribution is 2.37. The molecule has 2 aromatic rings. The van der Waals surface area contributed by atoms with E-state index >= 15 is 0 Å². The lowest BCUT2D eigenvalue weighted by Crippen LogP contribution is -2.62. The van der Waals surface area contributed by atoms with E-state index < -0.39 is 17.4 Å². The Balaban J connectivity index is 1.95. The first-order chi connectivity index (χ1) is 12.4. The van der Waals surface area contributed by atoms with Gasteiger partial charge in [0.05, 0.1) is 7.11 Å². The molecule has 26 heavy (non-hydrogen) atoms. The van der Waals surface area contributed by atoms with Crippen LogP contribution >= 0.6 is 0 Å². The predicted octanol–water partition coefficient (Wildman–Crippen LogP) is 2.62. The average molecular weight is 355 g/mol. The van der Waals surface area contributed by atoms with Gasteiger partial charge in [-0.2, -0.15) is 0 Å². The highest BCUT2D eigenvalue weighted by atomic mass is 16.5. The zero-order chi connectivity index (χ0) is 18.9. The number of ether oxygens (including phenoxy) is 2. The van der Waals surface area contributed by atoms with Crippen LogP contribution in [0.2, 0.25) is 0 Å². The van der Waals surface area contributed by atoms with Crippen LogP contribution in [-0.2, 0) is 9.59 Å². The van der Waals surface area contributed by atoms with Gasteiger partial charge in [-0.3, -0.25) is 14.5 Å². The predicted molar refractivity (Wildman–Crippen MR) is 97.5 cm³/mol. The molecule has 1 atom stereocenters. The lowest BCUT2D eigenvalue weighted by atomic mass is 9.99. The summed E-state index contributed by atoms with van der Waals surface area (Å²) < 4.78 is 11.0. The number of nitrogens with zero attached hydrogens (tertiary/aromatic N) is 2. The average Bonchev–Trinajstić information content (AvgIpc) is 2.62. The number of anilines is 2. The summed E-state index contributed by atoms with van der Waals surface area (Å²) in [6, 6.07) is 10.1. The Morgan fingerprint density at radius 2 is 2.08 bits per heavy atom. The SMILES string of the molecule is COc1cccc(NC(=O)[C@]2(C)Oc3cccnc3N(C(C)C)C2=O)c1. The van der Waals surface area contributed by atoms with Crippen LogP contribution in [0.15, 0.2) is 42.6 Å². The standard InChI is InChI=1S/C19H21N3O4/c1-12(2)22-16-15(9-6-10-20-16)26-19(3,18(22)24)17(23)21-13-7-5-8-14(11-13)25-4/h5-12H,1-4H3,(H,21,23)/t19-/m0/s1. The molecule has 1 aromatic heterocycles. The molecule has 7 heteroatoms. The summed E-state index contributed by atoms with van der Waals surface area (Å²) in [6.45, 7) is 5.19. The van der Waals surface area contributed by atoms with Crippen molar-refractivity contribution in [3.63, 3.8) is 0 Å².